The number of carbonyl (C=O) groups is 1. The van der Waals surface area contributed by atoms with Crippen molar-refractivity contribution in [3.05, 3.63) is 84.3 Å². The van der Waals surface area contributed by atoms with Gasteiger partial charge in [0, 0.05) is 41.6 Å². The fraction of sp³-hybridized carbons (Fsp3) is 0.143. The van der Waals surface area contributed by atoms with Gasteiger partial charge in [0.05, 0.1) is 6.54 Å². The summed E-state index contributed by atoms with van der Waals surface area (Å²) in [4.78, 5) is 15.6. The molecule has 0 bridgehead atoms. The average Bonchev–Trinajstić information content (AvgIpc) is 3.30. The van der Waals surface area contributed by atoms with E-state index >= 15 is 0 Å². The lowest BCUT2D eigenvalue weighted by Crippen LogP contribution is -2.12. The van der Waals surface area contributed by atoms with Crippen molar-refractivity contribution in [2.45, 2.75) is 19.4 Å². The number of aromatic nitrogens is 3. The van der Waals surface area contributed by atoms with E-state index in [1.54, 1.807) is 6.20 Å². The number of amides is 1. The Hall–Kier alpha value is -3.34. The van der Waals surface area contributed by atoms with Crippen LogP contribution in [0.3, 0.4) is 0 Å². The van der Waals surface area contributed by atoms with Gasteiger partial charge in [-0.05, 0) is 41.8 Å². The normalized spacial score (nSPS) is 10.9. The van der Waals surface area contributed by atoms with Crippen molar-refractivity contribution < 1.29 is 4.79 Å². The first kappa shape index (κ1) is 16.1. The van der Waals surface area contributed by atoms with E-state index in [0.29, 0.717) is 19.4 Å². The second-order valence-corrected chi connectivity index (χ2v) is 6.31. The monoisotopic (exact) mass is 344 g/mol. The third-order valence-corrected chi connectivity index (χ3v) is 4.41. The number of benzene rings is 2. The third-order valence-electron chi connectivity index (χ3n) is 4.41. The highest BCUT2D eigenvalue weighted by atomic mass is 16.1. The lowest BCUT2D eigenvalue weighted by Gasteiger charge is -2.08. The fourth-order valence-electron chi connectivity index (χ4n) is 3.14. The first-order valence-electron chi connectivity index (χ1n) is 8.69. The topological polar surface area (TPSA) is 62.7 Å². The number of hydrogen-bond acceptors (Lipinski definition) is 2. The minimum Gasteiger partial charge on any atom is -0.361 e. The number of anilines is 1. The van der Waals surface area contributed by atoms with E-state index in [4.69, 9.17) is 0 Å². The molecule has 0 aliphatic carbocycles. The van der Waals surface area contributed by atoms with Crippen molar-refractivity contribution >= 4 is 22.5 Å². The molecule has 2 aromatic heterocycles. The summed E-state index contributed by atoms with van der Waals surface area (Å²) < 4.78 is 1.86. The molecule has 0 unspecified atom stereocenters. The van der Waals surface area contributed by atoms with Gasteiger partial charge in [-0.15, -0.1) is 0 Å². The number of fused-ring (bicyclic) bond motifs is 1. The van der Waals surface area contributed by atoms with Gasteiger partial charge in [-0.2, -0.15) is 5.10 Å². The van der Waals surface area contributed by atoms with Crippen LogP contribution in [0.15, 0.2) is 73.2 Å². The average molecular weight is 344 g/mol. The van der Waals surface area contributed by atoms with Crippen LogP contribution in [0.5, 0.6) is 0 Å². The van der Waals surface area contributed by atoms with Gasteiger partial charge in [0.1, 0.15) is 0 Å². The van der Waals surface area contributed by atoms with E-state index in [-0.39, 0.29) is 5.91 Å². The lowest BCUT2D eigenvalue weighted by molar-refractivity contribution is -0.116. The van der Waals surface area contributed by atoms with Gasteiger partial charge in [-0.25, -0.2) is 0 Å². The Morgan fingerprint density at radius 2 is 2.04 bits per heavy atom. The molecule has 1 amide bonds. The van der Waals surface area contributed by atoms with Crippen molar-refractivity contribution in [1.29, 1.82) is 0 Å². The van der Waals surface area contributed by atoms with E-state index in [2.05, 4.69) is 21.5 Å². The first-order valence-corrected chi connectivity index (χ1v) is 8.69. The Labute approximate surface area is 151 Å². The van der Waals surface area contributed by atoms with Gasteiger partial charge in [0.15, 0.2) is 0 Å². The molecule has 130 valence electrons. The fourth-order valence-corrected chi connectivity index (χ4v) is 3.14. The number of hydrogen-bond donors (Lipinski definition) is 2. The van der Waals surface area contributed by atoms with Crippen LogP contribution >= 0.6 is 0 Å². The summed E-state index contributed by atoms with van der Waals surface area (Å²) in [6, 6.07) is 17.9. The van der Waals surface area contributed by atoms with Gasteiger partial charge in [-0.1, -0.05) is 30.3 Å². The highest BCUT2D eigenvalue weighted by Crippen LogP contribution is 2.19. The molecule has 0 saturated carbocycles. The Morgan fingerprint density at radius 1 is 1.12 bits per heavy atom. The van der Waals surface area contributed by atoms with E-state index in [1.807, 2.05) is 65.6 Å². The molecular weight excluding hydrogens is 324 g/mol. The highest BCUT2D eigenvalue weighted by molar-refractivity contribution is 5.91. The number of carbonyl (C=O) groups excluding carboxylic acids is 1. The Kier molecular flexibility index (Phi) is 4.51. The molecule has 2 N–H and O–H groups in total. The van der Waals surface area contributed by atoms with Crippen LogP contribution in [0.2, 0.25) is 0 Å². The van der Waals surface area contributed by atoms with Crippen LogP contribution in [0.1, 0.15) is 17.5 Å². The van der Waals surface area contributed by atoms with Gasteiger partial charge < -0.3 is 10.3 Å². The summed E-state index contributed by atoms with van der Waals surface area (Å²) in [7, 11) is 0. The van der Waals surface area contributed by atoms with Gasteiger partial charge >= 0.3 is 0 Å². The number of nitrogens with zero attached hydrogens (tertiary/aromatic N) is 2. The maximum Gasteiger partial charge on any atom is 0.224 e. The molecule has 0 saturated heterocycles. The summed E-state index contributed by atoms with van der Waals surface area (Å²) in [6.07, 6.45) is 6.83. The zero-order valence-electron chi connectivity index (χ0n) is 14.4. The zero-order valence-corrected chi connectivity index (χ0v) is 14.4. The Morgan fingerprint density at radius 3 is 2.92 bits per heavy atom. The summed E-state index contributed by atoms with van der Waals surface area (Å²) in [5, 5.41) is 8.39. The van der Waals surface area contributed by atoms with Crippen molar-refractivity contribution in [2.75, 3.05) is 5.32 Å². The summed E-state index contributed by atoms with van der Waals surface area (Å²) >= 11 is 0. The van der Waals surface area contributed by atoms with Crippen molar-refractivity contribution in [3.8, 4) is 0 Å². The molecule has 5 heteroatoms. The maximum absolute atomic E-state index is 12.3. The molecule has 0 fully saturated rings. The molecule has 0 spiro atoms. The smallest absolute Gasteiger partial charge is 0.224 e. The molecule has 0 atom stereocenters. The predicted octanol–water partition coefficient (Wildman–Crippen LogP) is 3.98. The van der Waals surface area contributed by atoms with Crippen LogP contribution in [0, 0.1) is 0 Å². The summed E-state index contributed by atoms with van der Waals surface area (Å²) in [6.45, 7) is 0.687. The van der Waals surface area contributed by atoms with Crippen LogP contribution in [-0.2, 0) is 17.8 Å². The number of para-hydroxylation sites is 1. The van der Waals surface area contributed by atoms with Gasteiger partial charge in [0.2, 0.25) is 5.91 Å². The predicted molar refractivity (Wildman–Crippen MR) is 103 cm³/mol. The number of aryl methyl sites for hydroxylation is 1. The van der Waals surface area contributed by atoms with Crippen molar-refractivity contribution in [1.82, 2.24) is 14.8 Å². The van der Waals surface area contributed by atoms with E-state index in [9.17, 15) is 4.79 Å². The molecule has 5 nitrogen and oxygen atoms in total. The van der Waals surface area contributed by atoms with Crippen molar-refractivity contribution in [2.24, 2.45) is 0 Å². The molecule has 0 radical (unpaired) electrons. The number of H-pyrrole nitrogens is 1. The van der Waals surface area contributed by atoms with Crippen LogP contribution < -0.4 is 5.32 Å². The molecule has 4 aromatic rings. The van der Waals surface area contributed by atoms with Gasteiger partial charge in [-0.3, -0.25) is 9.48 Å². The first-order chi connectivity index (χ1) is 12.8. The van der Waals surface area contributed by atoms with Crippen LogP contribution in [-0.4, -0.2) is 20.7 Å². The quantitative estimate of drug-likeness (QED) is 0.556. The second-order valence-electron chi connectivity index (χ2n) is 6.31. The SMILES string of the molecule is O=C(CCc1c[nH]c2ccccc12)Nc1cccc(Cn2cccn2)c1. The highest BCUT2D eigenvalue weighted by Gasteiger charge is 2.07. The Bertz CT molecular complexity index is 1020. The number of aromatic amines is 1. The zero-order chi connectivity index (χ0) is 17.8. The van der Waals surface area contributed by atoms with Crippen molar-refractivity contribution in [3.63, 3.8) is 0 Å². The van der Waals surface area contributed by atoms with E-state index in [0.717, 1.165) is 16.8 Å². The Balaban J connectivity index is 1.37. The third kappa shape index (κ3) is 3.67. The number of rotatable bonds is 6. The minimum atomic E-state index is 0.0199. The van der Waals surface area contributed by atoms with Crippen LogP contribution in [0.4, 0.5) is 5.69 Å². The molecule has 4 rings (SSSR count). The molecule has 0 aliphatic heterocycles. The van der Waals surface area contributed by atoms with Gasteiger partial charge in [0.25, 0.3) is 0 Å². The molecular formula is C21H20N4O. The van der Waals surface area contributed by atoms with Crippen LogP contribution in [0.25, 0.3) is 10.9 Å². The van der Waals surface area contributed by atoms with E-state index < -0.39 is 0 Å². The number of nitrogens with one attached hydrogen (secondary N) is 2. The lowest BCUT2D eigenvalue weighted by atomic mass is 10.1. The maximum atomic E-state index is 12.3. The molecule has 2 aromatic carbocycles. The standard InChI is InChI=1S/C21H20N4O/c26-21(10-9-17-14-22-20-8-2-1-7-19(17)20)24-18-6-3-5-16(13-18)15-25-12-4-11-23-25/h1-8,11-14,22H,9-10,15H2,(H,24,26). The molecule has 0 aliphatic rings. The summed E-state index contributed by atoms with van der Waals surface area (Å²) in [5.74, 6) is 0.0199. The minimum absolute atomic E-state index is 0.0199. The largest absolute Gasteiger partial charge is 0.361 e. The molecule has 2 heterocycles. The summed E-state index contributed by atoms with van der Waals surface area (Å²) in [5.41, 5.74) is 4.19. The van der Waals surface area contributed by atoms with E-state index in [1.165, 1.54) is 10.9 Å². The molecule has 26 heavy (non-hydrogen) atoms. The second kappa shape index (κ2) is 7.27.